The van der Waals surface area contributed by atoms with Crippen LogP contribution in [0, 0.1) is 0 Å². The molecule has 4 aromatic rings. The topological polar surface area (TPSA) is 52.0 Å². The van der Waals surface area contributed by atoms with Gasteiger partial charge in [0.15, 0.2) is 0 Å². The Hall–Kier alpha value is -3.52. The van der Waals surface area contributed by atoms with E-state index in [4.69, 9.17) is 11.5 Å². The number of hydrogen-bond donors (Lipinski definition) is 2. The van der Waals surface area contributed by atoms with Crippen molar-refractivity contribution in [3.63, 3.8) is 0 Å². The SMILES string of the molecule is CCCCCCCCCCCCCC(C)(c1ccc(Cc2ccc(N)cc2)cc1)c1ccc(Cc2ccc(N)cc2)cc1. The molecular weight excluding hydrogens is 520 g/mol. The molecule has 0 bridgehead atoms. The number of anilines is 2. The lowest BCUT2D eigenvalue weighted by molar-refractivity contribution is 0.469. The lowest BCUT2D eigenvalue weighted by Gasteiger charge is -2.32. The lowest BCUT2D eigenvalue weighted by Crippen LogP contribution is -2.24. The average molecular weight is 575 g/mol. The van der Waals surface area contributed by atoms with E-state index in [0.717, 1.165) is 24.2 Å². The molecule has 4 N–H and O–H groups in total. The maximum atomic E-state index is 5.89. The van der Waals surface area contributed by atoms with Crippen LogP contribution in [0.2, 0.25) is 0 Å². The van der Waals surface area contributed by atoms with Gasteiger partial charge in [0, 0.05) is 16.8 Å². The molecule has 43 heavy (non-hydrogen) atoms. The molecule has 0 unspecified atom stereocenters. The molecule has 4 aromatic carbocycles. The molecule has 0 aromatic heterocycles. The molecule has 0 heterocycles. The fraction of sp³-hybridized carbons (Fsp3) is 0.415. The van der Waals surface area contributed by atoms with Crippen LogP contribution in [-0.4, -0.2) is 0 Å². The molecule has 0 fully saturated rings. The maximum Gasteiger partial charge on any atom is 0.0314 e. The summed E-state index contributed by atoms with van der Waals surface area (Å²) in [4.78, 5) is 0. The molecule has 0 aliphatic carbocycles. The van der Waals surface area contributed by atoms with Crippen LogP contribution in [0.15, 0.2) is 97.1 Å². The van der Waals surface area contributed by atoms with Gasteiger partial charge in [-0.3, -0.25) is 0 Å². The third-order valence-corrected chi connectivity index (χ3v) is 9.24. The smallest absolute Gasteiger partial charge is 0.0314 e. The molecule has 0 amide bonds. The highest BCUT2D eigenvalue weighted by atomic mass is 14.5. The Morgan fingerprint density at radius 1 is 0.419 bits per heavy atom. The summed E-state index contributed by atoms with van der Waals surface area (Å²) in [6.07, 6.45) is 18.1. The van der Waals surface area contributed by atoms with Crippen LogP contribution in [0.5, 0.6) is 0 Å². The predicted octanol–water partition coefficient (Wildman–Crippen LogP) is 11.0. The second-order valence-electron chi connectivity index (χ2n) is 12.8. The highest BCUT2D eigenvalue weighted by Gasteiger charge is 2.28. The number of benzene rings is 4. The van der Waals surface area contributed by atoms with E-state index in [2.05, 4.69) is 86.6 Å². The van der Waals surface area contributed by atoms with Gasteiger partial charge in [-0.05, 0) is 76.9 Å². The van der Waals surface area contributed by atoms with Crippen LogP contribution in [0.1, 0.15) is 124 Å². The molecule has 4 rings (SSSR count). The van der Waals surface area contributed by atoms with Gasteiger partial charge in [0.2, 0.25) is 0 Å². The van der Waals surface area contributed by atoms with Gasteiger partial charge in [0.25, 0.3) is 0 Å². The molecule has 0 aliphatic heterocycles. The monoisotopic (exact) mass is 574 g/mol. The minimum atomic E-state index is -0.0151. The first-order valence-corrected chi connectivity index (χ1v) is 16.8. The van der Waals surface area contributed by atoms with Gasteiger partial charge < -0.3 is 11.5 Å². The normalized spacial score (nSPS) is 11.6. The summed E-state index contributed by atoms with van der Waals surface area (Å²) in [5, 5.41) is 0. The Morgan fingerprint density at radius 3 is 1.07 bits per heavy atom. The number of nitrogens with two attached hydrogens (primary N) is 2. The largest absolute Gasteiger partial charge is 0.399 e. The number of hydrogen-bond acceptors (Lipinski definition) is 2. The Kier molecular flexibility index (Phi) is 12.8. The minimum Gasteiger partial charge on any atom is -0.399 e. The summed E-state index contributed by atoms with van der Waals surface area (Å²) in [6.45, 7) is 4.74. The van der Waals surface area contributed by atoms with Gasteiger partial charge in [0.1, 0.15) is 0 Å². The van der Waals surface area contributed by atoms with Crippen LogP contribution in [0.4, 0.5) is 11.4 Å². The van der Waals surface area contributed by atoms with Crippen LogP contribution < -0.4 is 11.5 Å². The van der Waals surface area contributed by atoms with Crippen LogP contribution >= 0.6 is 0 Å². The molecule has 0 saturated carbocycles. The first-order valence-electron chi connectivity index (χ1n) is 16.8. The van der Waals surface area contributed by atoms with E-state index in [1.54, 1.807) is 0 Å². The van der Waals surface area contributed by atoms with Crippen molar-refractivity contribution in [1.29, 1.82) is 0 Å². The van der Waals surface area contributed by atoms with Crippen molar-refractivity contribution in [2.24, 2.45) is 0 Å². The third kappa shape index (κ3) is 10.3. The molecular formula is C41H54N2. The third-order valence-electron chi connectivity index (χ3n) is 9.24. The first-order chi connectivity index (χ1) is 21.0. The molecule has 0 spiro atoms. The zero-order chi connectivity index (χ0) is 30.3. The zero-order valence-electron chi connectivity index (χ0n) is 26.8. The number of unbranched alkanes of at least 4 members (excludes halogenated alkanes) is 10. The van der Waals surface area contributed by atoms with Crippen molar-refractivity contribution < 1.29 is 0 Å². The van der Waals surface area contributed by atoms with Gasteiger partial charge in [0.05, 0.1) is 0 Å². The van der Waals surface area contributed by atoms with Crippen LogP contribution in [0.25, 0.3) is 0 Å². The average Bonchev–Trinajstić information content (AvgIpc) is 3.03. The van der Waals surface area contributed by atoms with E-state index in [-0.39, 0.29) is 5.41 Å². The summed E-state index contributed by atoms with van der Waals surface area (Å²) in [5.41, 5.74) is 21.5. The Labute approximate surface area is 261 Å². The van der Waals surface area contributed by atoms with Gasteiger partial charge >= 0.3 is 0 Å². The fourth-order valence-corrected chi connectivity index (χ4v) is 6.32. The Balaban J connectivity index is 1.40. The zero-order valence-corrected chi connectivity index (χ0v) is 26.8. The summed E-state index contributed by atoms with van der Waals surface area (Å²) in [5.74, 6) is 0. The van der Waals surface area contributed by atoms with E-state index < -0.39 is 0 Å². The number of nitrogen functional groups attached to an aromatic ring is 2. The van der Waals surface area contributed by atoms with E-state index in [0.29, 0.717) is 0 Å². The quantitative estimate of drug-likeness (QED) is 0.0917. The van der Waals surface area contributed by atoms with Crippen molar-refractivity contribution in [1.82, 2.24) is 0 Å². The minimum absolute atomic E-state index is 0.0151. The molecule has 0 saturated heterocycles. The summed E-state index contributed by atoms with van der Waals surface area (Å²) in [7, 11) is 0. The molecule has 0 radical (unpaired) electrons. The molecule has 228 valence electrons. The first kappa shape index (κ1) is 32.4. The summed E-state index contributed by atoms with van der Waals surface area (Å²) < 4.78 is 0. The van der Waals surface area contributed by atoms with Crippen molar-refractivity contribution >= 4 is 11.4 Å². The van der Waals surface area contributed by atoms with Crippen LogP contribution in [0.3, 0.4) is 0 Å². The molecule has 2 nitrogen and oxygen atoms in total. The van der Waals surface area contributed by atoms with Crippen LogP contribution in [-0.2, 0) is 18.3 Å². The predicted molar refractivity (Wildman–Crippen MR) is 188 cm³/mol. The molecule has 0 atom stereocenters. The highest BCUT2D eigenvalue weighted by molar-refractivity contribution is 5.44. The van der Waals surface area contributed by atoms with Gasteiger partial charge in [-0.25, -0.2) is 0 Å². The van der Waals surface area contributed by atoms with Crippen molar-refractivity contribution in [2.75, 3.05) is 11.5 Å². The lowest BCUT2D eigenvalue weighted by atomic mass is 9.72. The van der Waals surface area contributed by atoms with E-state index in [9.17, 15) is 0 Å². The van der Waals surface area contributed by atoms with Crippen molar-refractivity contribution in [3.05, 3.63) is 130 Å². The maximum absolute atomic E-state index is 5.89. The van der Waals surface area contributed by atoms with E-state index >= 15 is 0 Å². The highest BCUT2D eigenvalue weighted by Crippen LogP contribution is 2.38. The van der Waals surface area contributed by atoms with Gasteiger partial charge in [-0.2, -0.15) is 0 Å². The molecule has 2 heteroatoms. The fourth-order valence-electron chi connectivity index (χ4n) is 6.32. The standard InChI is InChI=1S/C41H54N2/c1-3-4-5-6-7-8-9-10-11-12-13-30-41(2,37-22-14-33(15-23-37)31-35-18-26-39(42)27-19-35)38-24-16-34(17-25-38)32-36-20-28-40(43)29-21-36/h14-29H,3-13,30-32,42-43H2,1-2H3. The summed E-state index contributed by atoms with van der Waals surface area (Å²) in [6, 6.07) is 35.2. The van der Waals surface area contributed by atoms with E-state index in [1.165, 1.54) is 110 Å². The Bertz CT molecular complexity index is 1230. The van der Waals surface area contributed by atoms with E-state index in [1.807, 2.05) is 24.3 Å². The van der Waals surface area contributed by atoms with Crippen molar-refractivity contribution in [2.45, 2.75) is 109 Å². The summed E-state index contributed by atoms with van der Waals surface area (Å²) >= 11 is 0. The van der Waals surface area contributed by atoms with Gasteiger partial charge in [-0.15, -0.1) is 0 Å². The Morgan fingerprint density at radius 2 is 0.721 bits per heavy atom. The van der Waals surface area contributed by atoms with Crippen molar-refractivity contribution in [3.8, 4) is 0 Å². The number of rotatable bonds is 18. The second kappa shape index (κ2) is 16.9. The second-order valence-corrected chi connectivity index (χ2v) is 12.8. The molecule has 0 aliphatic rings. The van der Waals surface area contributed by atoms with Gasteiger partial charge in [-0.1, -0.05) is 157 Å².